The number of ether oxygens (including phenoxy) is 2. The Hall–Kier alpha value is -2.57. The molecule has 2 saturated carbocycles. The average Bonchev–Trinajstić information content (AvgIpc) is 3.59. The molecule has 3 aliphatic rings. The molecule has 1 spiro atoms. The number of benzene rings is 1. The topological polar surface area (TPSA) is 72.0 Å². The number of esters is 1. The van der Waals surface area contributed by atoms with Crippen LogP contribution < -0.4 is 0 Å². The van der Waals surface area contributed by atoms with E-state index in [4.69, 9.17) is 9.47 Å². The predicted octanol–water partition coefficient (Wildman–Crippen LogP) is 5.43. The standard InChI is InChI=1S/C15H24O4.C13H10FN/c1-13-6-5-11(16)14(2,12(17)18-3)10(13)4-7-15(8-13)9-19-15;1-2-13-7-6-11(9-15-13)10-4-3-5-12(14)8-10/h10-11,16H,4-9H2,1-3H3;2-9H,1H2/t10?,11-,13+,14+,15?;/m1./s1. The number of methoxy groups -OCH3 is 1. The SMILES string of the molecule is C=Cc1ccc(-c2cccc(F)c2)cn1.COC(=O)[C@@]1(C)C2CCC3(CO3)C[C@]2(C)CC[C@H]1O. The Bertz CT molecular complexity index is 1050. The lowest BCUT2D eigenvalue weighted by molar-refractivity contribution is -0.186. The second-order valence-electron chi connectivity index (χ2n) is 10.4. The quantitative estimate of drug-likeness (QED) is 0.482. The lowest BCUT2D eigenvalue weighted by Gasteiger charge is -2.56. The van der Waals surface area contributed by atoms with E-state index in [0.717, 1.165) is 49.1 Å². The molecule has 3 fully saturated rings. The Morgan fingerprint density at radius 2 is 2.00 bits per heavy atom. The van der Waals surface area contributed by atoms with Crippen LogP contribution in [0.2, 0.25) is 0 Å². The number of hydrogen-bond acceptors (Lipinski definition) is 5. The molecule has 0 radical (unpaired) electrons. The van der Waals surface area contributed by atoms with E-state index in [1.807, 2.05) is 25.1 Å². The molecule has 6 heteroatoms. The fraction of sp³-hybridized carbons (Fsp3) is 0.500. The van der Waals surface area contributed by atoms with E-state index in [1.54, 1.807) is 18.3 Å². The molecule has 2 aliphatic carbocycles. The summed E-state index contributed by atoms with van der Waals surface area (Å²) in [6, 6.07) is 10.2. The summed E-state index contributed by atoms with van der Waals surface area (Å²) >= 11 is 0. The Morgan fingerprint density at radius 3 is 2.59 bits per heavy atom. The fourth-order valence-electron chi connectivity index (χ4n) is 6.20. The maximum absolute atomic E-state index is 13.0. The van der Waals surface area contributed by atoms with Gasteiger partial charge >= 0.3 is 5.97 Å². The van der Waals surface area contributed by atoms with E-state index in [2.05, 4.69) is 18.5 Å². The zero-order valence-electron chi connectivity index (χ0n) is 20.2. The van der Waals surface area contributed by atoms with Crippen molar-refractivity contribution in [2.75, 3.05) is 13.7 Å². The second-order valence-corrected chi connectivity index (χ2v) is 10.4. The monoisotopic (exact) mass is 467 g/mol. The first kappa shape index (κ1) is 24.6. The van der Waals surface area contributed by atoms with Gasteiger partial charge in [0.2, 0.25) is 0 Å². The van der Waals surface area contributed by atoms with Crippen LogP contribution in [0.5, 0.6) is 0 Å². The summed E-state index contributed by atoms with van der Waals surface area (Å²) in [6.07, 6.45) is 7.41. The number of halogens is 1. The van der Waals surface area contributed by atoms with Gasteiger partial charge in [-0.05, 0) is 80.2 Å². The Morgan fingerprint density at radius 1 is 1.24 bits per heavy atom. The minimum absolute atomic E-state index is 0.0803. The molecule has 1 N–H and O–H groups in total. The van der Waals surface area contributed by atoms with Crippen molar-refractivity contribution in [3.05, 3.63) is 60.7 Å². The third-order valence-electron chi connectivity index (χ3n) is 8.19. The number of aromatic nitrogens is 1. The number of pyridine rings is 1. The van der Waals surface area contributed by atoms with Gasteiger partial charge < -0.3 is 14.6 Å². The van der Waals surface area contributed by atoms with Crippen LogP contribution in [0.4, 0.5) is 4.39 Å². The van der Waals surface area contributed by atoms with E-state index in [0.29, 0.717) is 6.42 Å². The van der Waals surface area contributed by atoms with Crippen molar-refractivity contribution in [2.45, 2.75) is 57.7 Å². The van der Waals surface area contributed by atoms with Gasteiger partial charge in [-0.3, -0.25) is 9.78 Å². The summed E-state index contributed by atoms with van der Waals surface area (Å²) in [4.78, 5) is 16.4. The first-order chi connectivity index (χ1) is 16.2. The van der Waals surface area contributed by atoms with Crippen LogP contribution >= 0.6 is 0 Å². The largest absolute Gasteiger partial charge is 0.469 e. The van der Waals surface area contributed by atoms with Gasteiger partial charge in [-0.25, -0.2) is 4.39 Å². The smallest absolute Gasteiger partial charge is 0.314 e. The van der Waals surface area contributed by atoms with Crippen molar-refractivity contribution in [2.24, 2.45) is 16.7 Å². The van der Waals surface area contributed by atoms with Crippen LogP contribution in [0, 0.1) is 22.6 Å². The molecule has 0 amide bonds. The Balaban J connectivity index is 0.000000166. The molecule has 34 heavy (non-hydrogen) atoms. The van der Waals surface area contributed by atoms with Crippen molar-refractivity contribution in [3.8, 4) is 11.1 Å². The summed E-state index contributed by atoms with van der Waals surface area (Å²) in [6.45, 7) is 8.64. The fourth-order valence-corrected chi connectivity index (χ4v) is 6.20. The van der Waals surface area contributed by atoms with Crippen molar-refractivity contribution in [3.63, 3.8) is 0 Å². The van der Waals surface area contributed by atoms with Gasteiger partial charge in [-0.2, -0.15) is 0 Å². The van der Waals surface area contributed by atoms with Crippen molar-refractivity contribution in [1.29, 1.82) is 0 Å². The van der Waals surface area contributed by atoms with Gasteiger partial charge in [0.05, 0.1) is 36.5 Å². The van der Waals surface area contributed by atoms with E-state index < -0.39 is 11.5 Å². The highest BCUT2D eigenvalue weighted by Gasteiger charge is 2.64. The maximum Gasteiger partial charge on any atom is 0.314 e. The van der Waals surface area contributed by atoms with E-state index >= 15 is 0 Å². The summed E-state index contributed by atoms with van der Waals surface area (Å²) in [5, 5.41) is 10.4. The van der Waals surface area contributed by atoms with Gasteiger partial charge in [-0.15, -0.1) is 0 Å². The molecule has 2 heterocycles. The normalized spacial score (nSPS) is 33.8. The number of carbonyl (C=O) groups excluding carboxylic acids is 1. The Labute approximate surface area is 201 Å². The molecule has 182 valence electrons. The number of carbonyl (C=O) groups is 1. The van der Waals surface area contributed by atoms with Crippen molar-refractivity contribution < 1.29 is 23.8 Å². The van der Waals surface area contributed by atoms with E-state index in [1.165, 1.54) is 19.2 Å². The number of rotatable bonds is 3. The lowest BCUT2D eigenvalue weighted by atomic mass is 9.48. The molecule has 0 bridgehead atoms. The molecule has 5 atom stereocenters. The maximum atomic E-state index is 13.0. The second kappa shape index (κ2) is 9.23. The van der Waals surface area contributed by atoms with Crippen LogP contribution in [-0.2, 0) is 14.3 Å². The number of aliphatic hydroxyl groups is 1. The number of nitrogens with zero attached hydrogens (tertiary/aromatic N) is 1. The van der Waals surface area contributed by atoms with Crippen LogP contribution in [0.1, 0.15) is 51.6 Å². The summed E-state index contributed by atoms with van der Waals surface area (Å²) < 4.78 is 23.6. The third-order valence-corrected chi connectivity index (χ3v) is 8.19. The third kappa shape index (κ3) is 4.53. The van der Waals surface area contributed by atoms with Gasteiger partial charge in [-0.1, -0.05) is 31.7 Å². The minimum atomic E-state index is -0.766. The number of epoxide rings is 1. The molecule has 2 unspecified atom stereocenters. The predicted molar refractivity (Wildman–Crippen MR) is 129 cm³/mol. The molecule has 1 aromatic heterocycles. The minimum Gasteiger partial charge on any atom is -0.469 e. The van der Waals surface area contributed by atoms with E-state index in [9.17, 15) is 14.3 Å². The summed E-state index contributed by atoms with van der Waals surface area (Å²) in [5.74, 6) is -0.310. The molecule has 5 rings (SSSR count). The zero-order valence-corrected chi connectivity index (χ0v) is 20.2. The summed E-state index contributed by atoms with van der Waals surface area (Å²) in [7, 11) is 1.42. The summed E-state index contributed by atoms with van der Waals surface area (Å²) in [5.41, 5.74) is 1.95. The van der Waals surface area contributed by atoms with Gasteiger partial charge in [0.1, 0.15) is 5.82 Å². The van der Waals surface area contributed by atoms with Gasteiger partial charge in [0, 0.05) is 11.8 Å². The molecule has 1 aromatic carbocycles. The molecule has 1 aliphatic heterocycles. The number of hydrogen-bond donors (Lipinski definition) is 1. The highest BCUT2D eigenvalue weighted by atomic mass is 19.1. The first-order valence-corrected chi connectivity index (χ1v) is 11.9. The van der Waals surface area contributed by atoms with Crippen LogP contribution in [0.15, 0.2) is 49.2 Å². The molecule has 5 nitrogen and oxygen atoms in total. The van der Waals surface area contributed by atoms with Gasteiger partial charge in [0.15, 0.2) is 0 Å². The molecule has 1 saturated heterocycles. The molecular weight excluding hydrogens is 433 g/mol. The highest BCUT2D eigenvalue weighted by Crippen LogP contribution is 2.62. The van der Waals surface area contributed by atoms with Crippen LogP contribution in [0.3, 0.4) is 0 Å². The van der Waals surface area contributed by atoms with Gasteiger partial charge in [0.25, 0.3) is 0 Å². The molecule has 2 aromatic rings. The number of fused-ring (bicyclic) bond motifs is 1. The van der Waals surface area contributed by atoms with Crippen molar-refractivity contribution >= 4 is 12.0 Å². The van der Waals surface area contributed by atoms with Crippen molar-refractivity contribution in [1.82, 2.24) is 4.98 Å². The average molecular weight is 468 g/mol. The van der Waals surface area contributed by atoms with Crippen LogP contribution in [0.25, 0.3) is 17.2 Å². The lowest BCUT2D eigenvalue weighted by Crippen LogP contribution is -2.58. The number of aliphatic hydroxyl groups excluding tert-OH is 1. The highest BCUT2D eigenvalue weighted by molar-refractivity contribution is 5.78. The molecular formula is C28H34FNO4. The first-order valence-electron chi connectivity index (χ1n) is 11.9. The zero-order chi connectivity index (χ0) is 24.6. The van der Waals surface area contributed by atoms with Crippen LogP contribution in [-0.4, -0.2) is 41.5 Å². The van der Waals surface area contributed by atoms with E-state index in [-0.39, 0.29) is 28.7 Å². The Kier molecular flexibility index (Phi) is 6.67.